The minimum absolute atomic E-state index is 0.295. The van der Waals surface area contributed by atoms with Crippen molar-refractivity contribution in [3.63, 3.8) is 0 Å². The Morgan fingerprint density at radius 2 is 1.85 bits per heavy atom. The number of anilines is 3. The highest BCUT2D eigenvalue weighted by Crippen LogP contribution is 2.47. The van der Waals surface area contributed by atoms with E-state index in [1.165, 1.54) is 0 Å². The number of esters is 1. The van der Waals surface area contributed by atoms with E-state index in [4.69, 9.17) is 24.2 Å². The molecule has 10 heteroatoms. The number of fused-ring (bicyclic) bond motifs is 1. The third kappa shape index (κ3) is 4.30. The second-order valence-corrected chi connectivity index (χ2v) is 9.12. The Hall–Kier alpha value is -2.69. The van der Waals surface area contributed by atoms with E-state index in [0.717, 1.165) is 54.0 Å². The molecule has 5 rings (SSSR count). The molecule has 176 valence electrons. The molecule has 33 heavy (non-hydrogen) atoms. The number of thiophene rings is 1. The van der Waals surface area contributed by atoms with Crippen molar-refractivity contribution < 1.29 is 19.0 Å². The van der Waals surface area contributed by atoms with Crippen LogP contribution in [0.2, 0.25) is 0 Å². The van der Waals surface area contributed by atoms with Gasteiger partial charge in [0.2, 0.25) is 5.95 Å². The van der Waals surface area contributed by atoms with Gasteiger partial charge in [-0.15, -0.1) is 11.3 Å². The molecule has 1 unspecified atom stereocenters. The van der Waals surface area contributed by atoms with Crippen LogP contribution >= 0.6 is 11.3 Å². The van der Waals surface area contributed by atoms with Crippen LogP contribution < -0.4 is 15.1 Å². The summed E-state index contributed by atoms with van der Waals surface area (Å²) in [5.41, 5.74) is 2.30. The summed E-state index contributed by atoms with van der Waals surface area (Å²) in [5, 5.41) is 5.45. The number of nitrogens with zero attached hydrogens (tertiary/aromatic N) is 4. The van der Waals surface area contributed by atoms with Crippen LogP contribution in [0, 0.1) is 0 Å². The van der Waals surface area contributed by atoms with E-state index in [1.54, 1.807) is 11.3 Å². The lowest BCUT2D eigenvalue weighted by Gasteiger charge is -2.36. The van der Waals surface area contributed by atoms with Gasteiger partial charge in [0.05, 0.1) is 50.1 Å². The molecule has 0 radical (unpaired) electrons. The molecule has 1 N–H and O–H groups in total. The van der Waals surface area contributed by atoms with Gasteiger partial charge in [-0.05, 0) is 25.3 Å². The quantitative estimate of drug-likeness (QED) is 0.661. The first-order chi connectivity index (χ1) is 16.2. The van der Waals surface area contributed by atoms with Gasteiger partial charge in [0, 0.05) is 36.8 Å². The van der Waals surface area contributed by atoms with E-state index in [0.29, 0.717) is 44.6 Å². The Bertz CT molecular complexity index is 1030. The topological polar surface area (TPSA) is 89.0 Å². The predicted molar refractivity (Wildman–Crippen MR) is 127 cm³/mol. The van der Waals surface area contributed by atoms with Gasteiger partial charge in [-0.25, -0.2) is 4.79 Å². The molecule has 0 amide bonds. The number of allylic oxidation sites excluding steroid dienone is 1. The number of ether oxygens (including phenoxy) is 3. The molecule has 1 atom stereocenters. The Balaban J connectivity index is 1.68. The largest absolute Gasteiger partial charge is 0.463 e. The molecule has 0 aliphatic carbocycles. The van der Waals surface area contributed by atoms with Gasteiger partial charge in [0.15, 0.2) is 0 Å². The first-order valence-electron chi connectivity index (χ1n) is 11.4. The lowest BCUT2D eigenvalue weighted by Crippen LogP contribution is -2.41. The summed E-state index contributed by atoms with van der Waals surface area (Å²) in [7, 11) is 0. The van der Waals surface area contributed by atoms with E-state index in [1.807, 2.05) is 25.3 Å². The third-order valence-corrected chi connectivity index (χ3v) is 7.07. The third-order valence-electron chi connectivity index (χ3n) is 6.13. The molecule has 9 nitrogen and oxygen atoms in total. The van der Waals surface area contributed by atoms with Crippen molar-refractivity contribution in [2.45, 2.75) is 19.8 Å². The minimum Gasteiger partial charge on any atom is -0.463 e. The van der Waals surface area contributed by atoms with Gasteiger partial charge >= 0.3 is 5.97 Å². The maximum absolute atomic E-state index is 13.1. The zero-order valence-electron chi connectivity index (χ0n) is 19.0. The molecule has 2 fully saturated rings. The molecule has 3 aliphatic heterocycles. The lowest BCUT2D eigenvalue weighted by molar-refractivity contribution is -0.138. The van der Waals surface area contributed by atoms with Crippen molar-refractivity contribution in [2.24, 2.45) is 0 Å². The van der Waals surface area contributed by atoms with Gasteiger partial charge in [0.25, 0.3) is 0 Å². The van der Waals surface area contributed by atoms with Crippen molar-refractivity contribution in [3.8, 4) is 0 Å². The molecule has 2 aromatic heterocycles. The number of nitrogens with one attached hydrogen (secondary N) is 1. The molecule has 0 bridgehead atoms. The molecule has 3 aliphatic rings. The number of rotatable bonds is 5. The van der Waals surface area contributed by atoms with Gasteiger partial charge in [-0.3, -0.25) is 0 Å². The standard InChI is InChI=1S/C23H29N5O4S/c1-3-32-22(29)17-15(2)24-20-19(18(17)16-5-4-14-33-16)21(27-6-10-30-11-7-27)26-23(25-20)28-8-12-31-13-9-28/h4-5,14,18H,3,6-13H2,1-2H3,(H,24,25,26). The highest BCUT2D eigenvalue weighted by molar-refractivity contribution is 7.10. The Kier molecular flexibility index (Phi) is 6.48. The van der Waals surface area contributed by atoms with Crippen LogP contribution in [0.5, 0.6) is 0 Å². The number of hydrogen-bond donors (Lipinski definition) is 1. The first kappa shape index (κ1) is 22.1. The average molecular weight is 472 g/mol. The van der Waals surface area contributed by atoms with Crippen LogP contribution in [-0.2, 0) is 19.0 Å². The normalized spacial score (nSPS) is 21.0. The predicted octanol–water partition coefficient (Wildman–Crippen LogP) is 2.61. The van der Waals surface area contributed by atoms with E-state index < -0.39 is 0 Å². The molecule has 0 aromatic carbocycles. The fourth-order valence-corrected chi connectivity index (χ4v) is 5.40. The van der Waals surface area contributed by atoms with Crippen LogP contribution in [0.15, 0.2) is 28.8 Å². The summed E-state index contributed by atoms with van der Waals surface area (Å²) in [6.45, 7) is 9.64. The second-order valence-electron chi connectivity index (χ2n) is 8.14. The Morgan fingerprint density at radius 3 is 2.48 bits per heavy atom. The summed E-state index contributed by atoms with van der Waals surface area (Å²) >= 11 is 1.63. The van der Waals surface area contributed by atoms with Gasteiger partial charge in [-0.1, -0.05) is 6.07 Å². The van der Waals surface area contributed by atoms with Crippen molar-refractivity contribution in [3.05, 3.63) is 39.2 Å². The summed E-state index contributed by atoms with van der Waals surface area (Å²) in [6.07, 6.45) is 0. The van der Waals surface area contributed by atoms with Crippen LogP contribution in [0.3, 0.4) is 0 Å². The summed E-state index contributed by atoms with van der Waals surface area (Å²) < 4.78 is 16.6. The van der Waals surface area contributed by atoms with Crippen LogP contribution in [-0.4, -0.2) is 75.2 Å². The molecule has 2 aromatic rings. The highest BCUT2D eigenvalue weighted by Gasteiger charge is 2.39. The number of aromatic nitrogens is 2. The van der Waals surface area contributed by atoms with Crippen LogP contribution in [0.25, 0.3) is 0 Å². The smallest absolute Gasteiger partial charge is 0.336 e. The van der Waals surface area contributed by atoms with Crippen molar-refractivity contribution in [2.75, 3.05) is 74.3 Å². The minimum atomic E-state index is -0.309. The van der Waals surface area contributed by atoms with Gasteiger partial charge in [-0.2, -0.15) is 9.97 Å². The Labute approximate surface area is 197 Å². The molecule has 5 heterocycles. The van der Waals surface area contributed by atoms with Gasteiger partial charge in [0.1, 0.15) is 11.6 Å². The maximum Gasteiger partial charge on any atom is 0.336 e. The van der Waals surface area contributed by atoms with E-state index >= 15 is 0 Å². The summed E-state index contributed by atoms with van der Waals surface area (Å²) in [5.74, 6) is 1.68. The highest BCUT2D eigenvalue weighted by atomic mass is 32.1. The number of carbonyl (C=O) groups excluding carboxylic acids is 1. The molecular formula is C23H29N5O4S. The Morgan fingerprint density at radius 1 is 1.15 bits per heavy atom. The van der Waals surface area contributed by atoms with Crippen molar-refractivity contribution in [1.82, 2.24) is 9.97 Å². The van der Waals surface area contributed by atoms with E-state index in [9.17, 15) is 4.79 Å². The number of carbonyl (C=O) groups is 1. The monoisotopic (exact) mass is 471 g/mol. The molecule has 0 spiro atoms. The number of hydrogen-bond acceptors (Lipinski definition) is 10. The summed E-state index contributed by atoms with van der Waals surface area (Å²) in [6, 6.07) is 4.08. The molecule has 2 saturated heterocycles. The van der Waals surface area contributed by atoms with Crippen molar-refractivity contribution in [1.29, 1.82) is 0 Å². The first-order valence-corrected chi connectivity index (χ1v) is 12.3. The number of morpholine rings is 2. The fraction of sp³-hybridized carbons (Fsp3) is 0.522. The maximum atomic E-state index is 13.1. The molecule has 0 saturated carbocycles. The molecular weight excluding hydrogens is 442 g/mol. The van der Waals surface area contributed by atoms with Crippen LogP contribution in [0.1, 0.15) is 30.2 Å². The zero-order valence-corrected chi connectivity index (χ0v) is 19.8. The van der Waals surface area contributed by atoms with E-state index in [-0.39, 0.29) is 11.9 Å². The second kappa shape index (κ2) is 9.66. The van der Waals surface area contributed by atoms with E-state index in [2.05, 4.69) is 21.2 Å². The summed E-state index contributed by atoms with van der Waals surface area (Å²) in [4.78, 5) is 28.6. The van der Waals surface area contributed by atoms with Crippen molar-refractivity contribution >= 4 is 34.9 Å². The zero-order chi connectivity index (χ0) is 22.8. The SMILES string of the molecule is CCOC(=O)C1=C(C)Nc2nc(N3CCOCC3)nc(N3CCOCC3)c2C1c1cccs1. The van der Waals surface area contributed by atoms with Crippen LogP contribution in [0.4, 0.5) is 17.6 Å². The average Bonchev–Trinajstić information content (AvgIpc) is 3.38. The fourth-order valence-electron chi connectivity index (χ4n) is 4.55. The van der Waals surface area contributed by atoms with Gasteiger partial charge < -0.3 is 29.3 Å². The lowest BCUT2D eigenvalue weighted by atomic mass is 9.85.